The summed E-state index contributed by atoms with van der Waals surface area (Å²) in [6, 6.07) is 6.70. The second-order valence-electron chi connectivity index (χ2n) is 4.40. The first kappa shape index (κ1) is 16.8. The lowest BCUT2D eigenvalue weighted by molar-refractivity contribution is -0.124. The number of benzene rings is 1. The molecule has 0 saturated carbocycles. The number of hydrogen-bond acceptors (Lipinski definition) is 5. The first-order valence-corrected chi connectivity index (χ1v) is 6.60. The molecule has 0 saturated heterocycles. The highest BCUT2D eigenvalue weighted by molar-refractivity contribution is 5.99. The number of nitrogens with two attached hydrogens (primary N) is 1. The maximum absolute atomic E-state index is 11.8. The third-order valence-corrected chi connectivity index (χ3v) is 2.86. The van der Waals surface area contributed by atoms with E-state index in [0.717, 1.165) is 6.42 Å². The van der Waals surface area contributed by atoms with Crippen molar-refractivity contribution in [2.45, 2.75) is 19.4 Å². The van der Waals surface area contributed by atoms with Crippen LogP contribution in [-0.4, -0.2) is 43.3 Å². The average molecular weight is 295 g/mol. The van der Waals surface area contributed by atoms with E-state index in [1.54, 1.807) is 31.4 Å². The molecule has 7 heteroatoms. The van der Waals surface area contributed by atoms with Crippen molar-refractivity contribution in [2.75, 3.05) is 20.3 Å². The number of para-hydroxylation sites is 1. The Morgan fingerprint density at radius 1 is 1.48 bits per heavy atom. The summed E-state index contributed by atoms with van der Waals surface area (Å²) in [6.45, 7) is 2.25. The van der Waals surface area contributed by atoms with Gasteiger partial charge >= 0.3 is 0 Å². The van der Waals surface area contributed by atoms with Crippen molar-refractivity contribution in [3.63, 3.8) is 0 Å². The molecule has 1 rings (SSSR count). The van der Waals surface area contributed by atoms with Crippen molar-refractivity contribution in [3.05, 3.63) is 29.8 Å². The van der Waals surface area contributed by atoms with Crippen molar-refractivity contribution in [2.24, 2.45) is 10.9 Å². The van der Waals surface area contributed by atoms with Gasteiger partial charge in [-0.15, -0.1) is 0 Å². The van der Waals surface area contributed by atoms with Crippen LogP contribution in [0.15, 0.2) is 29.4 Å². The zero-order valence-electron chi connectivity index (χ0n) is 12.2. The van der Waals surface area contributed by atoms with Gasteiger partial charge < -0.3 is 25.7 Å². The van der Waals surface area contributed by atoms with Gasteiger partial charge in [0.1, 0.15) is 5.75 Å². The number of ether oxygens (including phenoxy) is 2. The number of nitrogens with one attached hydrogen (secondary N) is 1. The molecule has 21 heavy (non-hydrogen) atoms. The summed E-state index contributed by atoms with van der Waals surface area (Å²) < 4.78 is 10.4. The maximum atomic E-state index is 11.8. The molecule has 1 aromatic rings. The largest absolute Gasteiger partial charge is 0.483 e. The van der Waals surface area contributed by atoms with Gasteiger partial charge in [0.2, 0.25) is 0 Å². The lowest BCUT2D eigenvalue weighted by Gasteiger charge is -2.16. The molecule has 0 aromatic heterocycles. The molecular formula is C14H21N3O4. The number of hydrogen-bond donors (Lipinski definition) is 3. The van der Waals surface area contributed by atoms with E-state index in [1.807, 2.05) is 6.92 Å². The molecule has 1 aromatic carbocycles. The lowest BCUT2D eigenvalue weighted by atomic mass is 10.2. The van der Waals surface area contributed by atoms with E-state index < -0.39 is 0 Å². The molecule has 0 bridgehead atoms. The van der Waals surface area contributed by atoms with Gasteiger partial charge in [-0.3, -0.25) is 4.79 Å². The monoisotopic (exact) mass is 295 g/mol. The zero-order chi connectivity index (χ0) is 15.7. The highest BCUT2D eigenvalue weighted by Crippen LogP contribution is 2.17. The summed E-state index contributed by atoms with van der Waals surface area (Å²) in [5.41, 5.74) is 5.97. The fourth-order valence-electron chi connectivity index (χ4n) is 1.73. The molecule has 4 N–H and O–H groups in total. The average Bonchev–Trinajstić information content (AvgIpc) is 2.52. The Balaban J connectivity index is 2.61. The van der Waals surface area contributed by atoms with E-state index in [4.69, 9.17) is 20.4 Å². The Morgan fingerprint density at radius 3 is 2.81 bits per heavy atom. The van der Waals surface area contributed by atoms with Gasteiger partial charge in [-0.25, -0.2) is 0 Å². The van der Waals surface area contributed by atoms with Gasteiger partial charge in [-0.2, -0.15) is 0 Å². The van der Waals surface area contributed by atoms with Crippen LogP contribution < -0.4 is 15.8 Å². The van der Waals surface area contributed by atoms with Gasteiger partial charge in [0, 0.05) is 7.11 Å². The first-order valence-electron chi connectivity index (χ1n) is 6.60. The van der Waals surface area contributed by atoms with Crippen molar-refractivity contribution >= 4 is 11.7 Å². The van der Waals surface area contributed by atoms with Crippen LogP contribution in [0.3, 0.4) is 0 Å². The van der Waals surface area contributed by atoms with Crippen molar-refractivity contribution in [1.82, 2.24) is 5.32 Å². The predicted molar refractivity (Wildman–Crippen MR) is 78.5 cm³/mol. The van der Waals surface area contributed by atoms with Gasteiger partial charge in [-0.1, -0.05) is 24.2 Å². The number of carbonyl (C=O) groups excluding carboxylic acids is 1. The molecule has 1 atom stereocenters. The van der Waals surface area contributed by atoms with E-state index in [0.29, 0.717) is 17.9 Å². The normalized spacial score (nSPS) is 12.8. The molecule has 1 amide bonds. The lowest BCUT2D eigenvalue weighted by Crippen LogP contribution is -2.40. The van der Waals surface area contributed by atoms with Crippen LogP contribution in [0.5, 0.6) is 5.75 Å². The minimum Gasteiger partial charge on any atom is -0.483 e. The van der Waals surface area contributed by atoms with Crippen LogP contribution in [-0.2, 0) is 9.53 Å². The van der Waals surface area contributed by atoms with Crippen LogP contribution >= 0.6 is 0 Å². The summed E-state index contributed by atoms with van der Waals surface area (Å²) >= 11 is 0. The fraction of sp³-hybridized carbons (Fsp3) is 0.429. The Bertz CT molecular complexity index is 491. The zero-order valence-corrected chi connectivity index (χ0v) is 12.2. The second-order valence-corrected chi connectivity index (χ2v) is 4.40. The molecule has 0 aliphatic heterocycles. The minimum absolute atomic E-state index is 0.0505. The molecule has 0 radical (unpaired) electrons. The summed E-state index contributed by atoms with van der Waals surface area (Å²) in [6.07, 6.45) is 0.764. The molecule has 0 fully saturated rings. The van der Waals surface area contributed by atoms with Crippen LogP contribution in [0.4, 0.5) is 0 Å². The predicted octanol–water partition coefficient (Wildman–Crippen LogP) is 0.701. The van der Waals surface area contributed by atoms with Crippen LogP contribution in [0.25, 0.3) is 0 Å². The number of rotatable bonds is 8. The first-order chi connectivity index (χ1) is 10.1. The Labute approximate surface area is 123 Å². The number of nitrogens with zero attached hydrogens (tertiary/aromatic N) is 1. The second kappa shape index (κ2) is 8.80. The Hall–Kier alpha value is -2.28. The molecular weight excluding hydrogens is 274 g/mol. The summed E-state index contributed by atoms with van der Waals surface area (Å²) in [5, 5.41) is 14.4. The quantitative estimate of drug-likeness (QED) is 0.283. The van der Waals surface area contributed by atoms with E-state index >= 15 is 0 Å². The van der Waals surface area contributed by atoms with Crippen molar-refractivity contribution in [3.8, 4) is 5.75 Å². The fourth-order valence-corrected chi connectivity index (χ4v) is 1.73. The van der Waals surface area contributed by atoms with Gasteiger partial charge in [0.25, 0.3) is 5.91 Å². The molecule has 116 valence electrons. The number of amides is 1. The number of methoxy groups -OCH3 is 1. The summed E-state index contributed by atoms with van der Waals surface area (Å²) in [5.74, 6) is 0.0489. The standard InChI is InChI=1S/C14H21N3O4/c1-3-10(8-20-2)16-13(18)9-21-12-7-5-4-6-11(12)14(15)17-19/h4-7,10,19H,3,8-9H2,1-2H3,(H2,15,17)(H,16,18). The van der Waals surface area contributed by atoms with Gasteiger partial charge in [0.05, 0.1) is 18.2 Å². The third kappa shape index (κ3) is 5.31. The Kier molecular flexibility index (Phi) is 7.03. The number of carbonyl (C=O) groups is 1. The molecule has 0 aliphatic rings. The van der Waals surface area contributed by atoms with Crippen LogP contribution in [0.2, 0.25) is 0 Å². The topological polar surface area (TPSA) is 106 Å². The van der Waals surface area contributed by atoms with E-state index in [1.165, 1.54) is 0 Å². The Morgan fingerprint density at radius 2 is 2.19 bits per heavy atom. The minimum atomic E-state index is -0.256. The smallest absolute Gasteiger partial charge is 0.258 e. The molecule has 0 aliphatic carbocycles. The molecule has 7 nitrogen and oxygen atoms in total. The molecule has 0 spiro atoms. The van der Waals surface area contributed by atoms with E-state index in [-0.39, 0.29) is 24.4 Å². The highest BCUT2D eigenvalue weighted by Gasteiger charge is 2.12. The van der Waals surface area contributed by atoms with Crippen LogP contribution in [0.1, 0.15) is 18.9 Å². The summed E-state index contributed by atoms with van der Waals surface area (Å²) in [7, 11) is 1.58. The van der Waals surface area contributed by atoms with Crippen LogP contribution in [0, 0.1) is 0 Å². The number of amidine groups is 1. The summed E-state index contributed by atoms with van der Waals surface area (Å²) in [4.78, 5) is 11.8. The molecule has 0 heterocycles. The van der Waals surface area contributed by atoms with E-state index in [9.17, 15) is 4.79 Å². The molecule has 1 unspecified atom stereocenters. The van der Waals surface area contributed by atoms with Gasteiger partial charge in [0.15, 0.2) is 12.4 Å². The SMILES string of the molecule is CCC(COC)NC(=O)COc1ccccc1C(N)=NO. The van der Waals surface area contributed by atoms with E-state index in [2.05, 4.69) is 10.5 Å². The highest BCUT2D eigenvalue weighted by atomic mass is 16.5. The third-order valence-electron chi connectivity index (χ3n) is 2.86. The number of oxime groups is 1. The van der Waals surface area contributed by atoms with Crippen molar-refractivity contribution in [1.29, 1.82) is 0 Å². The van der Waals surface area contributed by atoms with Crippen molar-refractivity contribution < 1.29 is 19.5 Å². The maximum Gasteiger partial charge on any atom is 0.258 e. The van der Waals surface area contributed by atoms with Gasteiger partial charge in [-0.05, 0) is 18.6 Å².